The Labute approximate surface area is 213 Å². The highest BCUT2D eigenvalue weighted by atomic mass is 16.5. The van der Waals surface area contributed by atoms with Crippen LogP contribution in [-0.2, 0) is 20.9 Å². The van der Waals surface area contributed by atoms with Gasteiger partial charge in [0.15, 0.2) is 0 Å². The zero-order valence-electron chi connectivity index (χ0n) is 21.1. The van der Waals surface area contributed by atoms with Gasteiger partial charge in [-0.1, -0.05) is 18.2 Å². The lowest BCUT2D eigenvalue weighted by molar-refractivity contribution is -0.141. The van der Waals surface area contributed by atoms with Crippen LogP contribution in [0.15, 0.2) is 48.7 Å². The maximum atomic E-state index is 13.7. The molecule has 0 unspecified atom stereocenters. The minimum absolute atomic E-state index is 0.0407. The Morgan fingerprint density at radius 3 is 2.75 bits per heavy atom. The van der Waals surface area contributed by atoms with Crippen LogP contribution >= 0.6 is 0 Å². The summed E-state index contributed by atoms with van der Waals surface area (Å²) in [5.74, 6) is 2.14. The van der Waals surface area contributed by atoms with Gasteiger partial charge in [-0.05, 0) is 61.4 Å². The van der Waals surface area contributed by atoms with Crippen LogP contribution in [0.4, 0.5) is 5.82 Å². The van der Waals surface area contributed by atoms with Crippen LogP contribution in [0.3, 0.4) is 0 Å². The van der Waals surface area contributed by atoms with Gasteiger partial charge in [0.05, 0.1) is 25.7 Å². The predicted molar refractivity (Wildman–Crippen MR) is 137 cm³/mol. The van der Waals surface area contributed by atoms with Gasteiger partial charge < -0.3 is 24.2 Å². The summed E-state index contributed by atoms with van der Waals surface area (Å²) in [7, 11) is 1.64. The Bertz CT molecular complexity index is 1040. The molecule has 5 rings (SSSR count). The van der Waals surface area contributed by atoms with E-state index in [0.29, 0.717) is 38.7 Å². The molecule has 192 valence electrons. The number of carbonyl (C=O) groups excluding carboxylic acids is 2. The molecule has 8 heteroatoms. The third-order valence-electron chi connectivity index (χ3n) is 7.35. The summed E-state index contributed by atoms with van der Waals surface area (Å²) in [5, 5.41) is 0. The van der Waals surface area contributed by atoms with Gasteiger partial charge in [0, 0.05) is 45.5 Å². The summed E-state index contributed by atoms with van der Waals surface area (Å²) in [4.78, 5) is 37.3. The summed E-state index contributed by atoms with van der Waals surface area (Å²) in [6.07, 6.45) is 5.75. The number of aromatic nitrogens is 1. The number of ether oxygens (including phenoxy) is 2. The second kappa shape index (κ2) is 11.3. The minimum Gasteiger partial charge on any atom is -0.497 e. The van der Waals surface area contributed by atoms with Crippen LogP contribution in [0, 0.1) is 11.8 Å². The largest absolute Gasteiger partial charge is 0.497 e. The Hall–Kier alpha value is -3.13. The van der Waals surface area contributed by atoms with Crippen molar-refractivity contribution in [2.75, 3.05) is 51.3 Å². The first-order valence-corrected chi connectivity index (χ1v) is 13.1. The first-order chi connectivity index (χ1) is 17.6. The van der Waals surface area contributed by atoms with Gasteiger partial charge >= 0.3 is 0 Å². The zero-order valence-corrected chi connectivity index (χ0v) is 21.1. The number of hydrogen-bond donors (Lipinski definition) is 0. The number of methoxy groups -OCH3 is 1. The molecule has 0 N–H and O–H groups in total. The summed E-state index contributed by atoms with van der Waals surface area (Å²) < 4.78 is 11.6. The van der Waals surface area contributed by atoms with E-state index in [1.165, 1.54) is 12.8 Å². The quantitative estimate of drug-likeness (QED) is 0.564. The number of benzene rings is 1. The molecule has 1 saturated carbocycles. The number of amides is 2. The minimum atomic E-state index is -0.193. The zero-order chi connectivity index (χ0) is 24.9. The molecule has 2 aromatic rings. The summed E-state index contributed by atoms with van der Waals surface area (Å²) in [5.41, 5.74) is 1.00. The van der Waals surface area contributed by atoms with Gasteiger partial charge in [-0.3, -0.25) is 9.59 Å². The normalized spacial score (nSPS) is 22.9. The Morgan fingerprint density at radius 2 is 1.97 bits per heavy atom. The topological polar surface area (TPSA) is 75.2 Å². The van der Waals surface area contributed by atoms with Gasteiger partial charge in [-0.25, -0.2) is 4.98 Å². The molecular formula is C28H36N4O4. The van der Waals surface area contributed by atoms with Crippen LogP contribution in [0.1, 0.15) is 31.2 Å². The highest BCUT2D eigenvalue weighted by Gasteiger charge is 2.36. The molecule has 3 fully saturated rings. The maximum absolute atomic E-state index is 13.7. The molecule has 0 bridgehead atoms. The molecular weight excluding hydrogens is 456 g/mol. The molecule has 8 nitrogen and oxygen atoms in total. The number of hydrogen-bond acceptors (Lipinski definition) is 6. The van der Waals surface area contributed by atoms with Crippen molar-refractivity contribution in [1.29, 1.82) is 0 Å². The molecule has 3 aliphatic rings. The van der Waals surface area contributed by atoms with E-state index < -0.39 is 0 Å². The third-order valence-corrected chi connectivity index (χ3v) is 7.35. The predicted octanol–water partition coefficient (Wildman–Crippen LogP) is 2.97. The smallest absolute Gasteiger partial charge is 0.242 e. The lowest BCUT2D eigenvalue weighted by Crippen LogP contribution is -2.48. The second-order valence-electron chi connectivity index (χ2n) is 10.2. The molecule has 1 aromatic carbocycles. The number of carbonyl (C=O) groups is 2. The fourth-order valence-corrected chi connectivity index (χ4v) is 5.14. The summed E-state index contributed by atoms with van der Waals surface area (Å²) in [6.45, 7) is 3.71. The van der Waals surface area contributed by atoms with Crippen LogP contribution in [-0.4, -0.2) is 79.1 Å². The Balaban J connectivity index is 1.29. The van der Waals surface area contributed by atoms with Gasteiger partial charge in [0.1, 0.15) is 11.6 Å². The molecule has 2 atom stereocenters. The van der Waals surface area contributed by atoms with Crippen molar-refractivity contribution in [2.24, 2.45) is 11.8 Å². The van der Waals surface area contributed by atoms with Crippen molar-refractivity contribution in [2.45, 2.75) is 38.3 Å². The number of pyridine rings is 1. The number of nitrogens with zero attached hydrogens (tertiary/aromatic N) is 4. The summed E-state index contributed by atoms with van der Waals surface area (Å²) >= 11 is 0. The fraction of sp³-hybridized carbons (Fsp3) is 0.536. The van der Waals surface area contributed by atoms with E-state index in [-0.39, 0.29) is 30.4 Å². The highest BCUT2D eigenvalue weighted by Crippen LogP contribution is 2.30. The molecule has 2 amide bonds. The van der Waals surface area contributed by atoms with E-state index in [2.05, 4.69) is 9.88 Å². The average Bonchev–Trinajstić information content (AvgIpc) is 3.76. The molecule has 1 aromatic heterocycles. The van der Waals surface area contributed by atoms with Gasteiger partial charge in [0.25, 0.3) is 0 Å². The van der Waals surface area contributed by atoms with E-state index in [1.807, 2.05) is 47.4 Å². The van der Waals surface area contributed by atoms with Gasteiger partial charge in [0.2, 0.25) is 11.8 Å². The number of rotatable bonds is 8. The summed E-state index contributed by atoms with van der Waals surface area (Å²) in [6, 6.07) is 13.6. The van der Waals surface area contributed by atoms with E-state index in [9.17, 15) is 9.59 Å². The number of anilines is 1. The molecule has 2 saturated heterocycles. The Kier molecular flexibility index (Phi) is 7.70. The molecule has 0 spiro atoms. The maximum Gasteiger partial charge on any atom is 0.242 e. The van der Waals surface area contributed by atoms with Crippen molar-refractivity contribution >= 4 is 17.6 Å². The molecule has 3 heterocycles. The van der Waals surface area contributed by atoms with Crippen LogP contribution in [0.5, 0.6) is 5.75 Å². The van der Waals surface area contributed by atoms with Crippen LogP contribution < -0.4 is 9.64 Å². The van der Waals surface area contributed by atoms with Crippen LogP contribution in [0.25, 0.3) is 0 Å². The van der Waals surface area contributed by atoms with Crippen molar-refractivity contribution in [3.8, 4) is 5.75 Å². The molecule has 2 aliphatic heterocycles. The van der Waals surface area contributed by atoms with E-state index in [0.717, 1.165) is 36.5 Å². The van der Waals surface area contributed by atoms with Gasteiger partial charge in [-0.15, -0.1) is 0 Å². The highest BCUT2D eigenvalue weighted by molar-refractivity contribution is 5.87. The van der Waals surface area contributed by atoms with Crippen LogP contribution in [0.2, 0.25) is 0 Å². The first-order valence-electron chi connectivity index (χ1n) is 13.1. The van der Waals surface area contributed by atoms with Crippen molar-refractivity contribution in [3.05, 3.63) is 54.2 Å². The van der Waals surface area contributed by atoms with E-state index in [4.69, 9.17) is 9.47 Å². The first kappa shape index (κ1) is 24.6. The lowest BCUT2D eigenvalue weighted by atomic mass is 9.96. The average molecular weight is 493 g/mol. The van der Waals surface area contributed by atoms with Gasteiger partial charge in [-0.2, -0.15) is 0 Å². The Morgan fingerprint density at radius 1 is 1.08 bits per heavy atom. The fourth-order valence-electron chi connectivity index (χ4n) is 5.14. The lowest BCUT2D eigenvalue weighted by Gasteiger charge is -2.35. The van der Waals surface area contributed by atoms with E-state index >= 15 is 0 Å². The van der Waals surface area contributed by atoms with Crippen molar-refractivity contribution < 1.29 is 19.1 Å². The molecule has 0 radical (unpaired) electrons. The SMILES string of the molecule is COc1cccc(CN2C[C@H](OCC3CC3)CN(C(=O)[C@H]3CCCN(c4ccccn4)C3)CC2=O)c1. The monoisotopic (exact) mass is 492 g/mol. The molecule has 1 aliphatic carbocycles. The van der Waals surface area contributed by atoms with Crippen molar-refractivity contribution in [3.63, 3.8) is 0 Å². The molecule has 36 heavy (non-hydrogen) atoms. The second-order valence-corrected chi connectivity index (χ2v) is 10.2. The standard InChI is InChI=1S/C28H36N4O4/c1-35-24-8-4-6-22(14-24)15-31-17-25(36-20-21-10-11-21)18-32(19-27(31)33)28(34)23-7-5-13-30(16-23)26-9-2-3-12-29-26/h2-4,6,8-9,12,14,21,23,25H,5,7,10-11,13,15-20H2,1H3/t23-,25-/m0/s1. The van der Waals surface area contributed by atoms with Crippen molar-refractivity contribution in [1.82, 2.24) is 14.8 Å². The third kappa shape index (κ3) is 6.16. The van der Waals surface area contributed by atoms with E-state index in [1.54, 1.807) is 18.2 Å². The number of piperidine rings is 1.